The van der Waals surface area contributed by atoms with Crippen LogP contribution in [0, 0.1) is 0 Å². The first-order valence-electron chi connectivity index (χ1n) is 6.59. The molecule has 17 heavy (non-hydrogen) atoms. The minimum absolute atomic E-state index is 0.0200. The van der Waals surface area contributed by atoms with Crippen LogP contribution in [0.3, 0.4) is 0 Å². The summed E-state index contributed by atoms with van der Waals surface area (Å²) in [6.07, 6.45) is 3.94. The highest BCUT2D eigenvalue weighted by Crippen LogP contribution is 2.30. The summed E-state index contributed by atoms with van der Waals surface area (Å²) in [6, 6.07) is 0.0200. The third kappa shape index (κ3) is 2.19. The zero-order chi connectivity index (χ0) is 11.7. The fourth-order valence-corrected chi connectivity index (χ4v) is 3.02. The average Bonchev–Trinajstić information content (AvgIpc) is 3.00. The Bertz CT molecular complexity index is 296. The first kappa shape index (κ1) is 11.4. The van der Waals surface area contributed by atoms with Crippen molar-refractivity contribution in [1.29, 1.82) is 0 Å². The Morgan fingerprint density at radius 1 is 1.29 bits per heavy atom. The lowest BCUT2D eigenvalue weighted by Gasteiger charge is -2.39. The van der Waals surface area contributed by atoms with Gasteiger partial charge in [-0.25, -0.2) is 0 Å². The summed E-state index contributed by atoms with van der Waals surface area (Å²) in [5.41, 5.74) is 0. The molecule has 0 aromatic carbocycles. The molecule has 3 saturated heterocycles. The summed E-state index contributed by atoms with van der Waals surface area (Å²) < 4.78 is 11.4. The van der Waals surface area contributed by atoms with Gasteiger partial charge in [0.25, 0.3) is 0 Å². The molecular formula is C12H20N2O3. The van der Waals surface area contributed by atoms with E-state index in [1.807, 2.05) is 4.90 Å². The van der Waals surface area contributed by atoms with Crippen LogP contribution in [0.5, 0.6) is 0 Å². The van der Waals surface area contributed by atoms with Gasteiger partial charge in [0.05, 0.1) is 25.8 Å². The molecule has 3 aliphatic heterocycles. The predicted octanol–water partition coefficient (Wildman–Crippen LogP) is 0.104. The van der Waals surface area contributed by atoms with Crippen LogP contribution in [0.4, 0.5) is 0 Å². The largest absolute Gasteiger partial charge is 0.346 e. The van der Waals surface area contributed by atoms with Gasteiger partial charge in [0.1, 0.15) is 0 Å². The molecular weight excluding hydrogens is 220 g/mol. The van der Waals surface area contributed by atoms with E-state index < -0.39 is 5.79 Å². The molecule has 3 aliphatic rings. The minimum atomic E-state index is -0.494. The Kier molecular flexibility index (Phi) is 3.06. The number of hydrogen-bond acceptors (Lipinski definition) is 4. The summed E-state index contributed by atoms with van der Waals surface area (Å²) in [5.74, 6) is -0.271. The number of carbonyl (C=O) groups is 1. The monoisotopic (exact) mass is 240 g/mol. The zero-order valence-electron chi connectivity index (χ0n) is 10.1. The highest BCUT2D eigenvalue weighted by atomic mass is 16.7. The van der Waals surface area contributed by atoms with Gasteiger partial charge in [-0.2, -0.15) is 0 Å². The van der Waals surface area contributed by atoms with Crippen LogP contribution in [0.2, 0.25) is 0 Å². The second-order valence-corrected chi connectivity index (χ2v) is 5.12. The number of likely N-dealkylation sites (tertiary alicyclic amines) is 1. The molecule has 1 amide bonds. The summed E-state index contributed by atoms with van der Waals surface area (Å²) in [6.45, 7) is 3.71. The Morgan fingerprint density at radius 3 is 2.82 bits per heavy atom. The van der Waals surface area contributed by atoms with Crippen LogP contribution < -0.4 is 5.32 Å². The van der Waals surface area contributed by atoms with Crippen molar-refractivity contribution >= 4 is 5.91 Å². The fraction of sp³-hybridized carbons (Fsp3) is 0.917. The molecule has 3 fully saturated rings. The third-order valence-corrected chi connectivity index (χ3v) is 3.90. The maximum Gasteiger partial charge on any atom is 0.239 e. The number of carbonyl (C=O) groups excluding carboxylic acids is 1. The van der Waals surface area contributed by atoms with Crippen LogP contribution in [-0.4, -0.2) is 55.5 Å². The molecule has 1 unspecified atom stereocenters. The van der Waals surface area contributed by atoms with E-state index in [0.29, 0.717) is 19.8 Å². The van der Waals surface area contributed by atoms with Gasteiger partial charge in [0, 0.05) is 13.0 Å². The van der Waals surface area contributed by atoms with Crippen LogP contribution in [0.1, 0.15) is 25.7 Å². The summed E-state index contributed by atoms with van der Waals surface area (Å²) >= 11 is 0. The molecule has 5 nitrogen and oxygen atoms in total. The number of amides is 1. The second kappa shape index (κ2) is 4.55. The van der Waals surface area contributed by atoms with Crippen molar-refractivity contribution in [3.8, 4) is 0 Å². The first-order valence-corrected chi connectivity index (χ1v) is 6.59. The lowest BCUT2D eigenvalue weighted by Crippen LogP contribution is -2.54. The molecule has 0 saturated carbocycles. The first-order chi connectivity index (χ1) is 8.29. The molecule has 1 atom stereocenters. The Labute approximate surface area is 101 Å². The van der Waals surface area contributed by atoms with Crippen molar-refractivity contribution in [1.82, 2.24) is 10.2 Å². The molecule has 3 rings (SSSR count). The van der Waals surface area contributed by atoms with E-state index in [1.54, 1.807) is 0 Å². The maximum atomic E-state index is 12.3. The van der Waals surface area contributed by atoms with E-state index in [1.165, 1.54) is 0 Å². The quantitative estimate of drug-likeness (QED) is 0.706. The standard InChI is InChI=1S/C12H20N2O3/c15-11(10-3-1-5-13-10)14-6-2-4-12(9-14)16-7-8-17-12/h10,13H,1-9H2. The van der Waals surface area contributed by atoms with E-state index in [2.05, 4.69) is 5.32 Å². The third-order valence-electron chi connectivity index (χ3n) is 3.90. The van der Waals surface area contributed by atoms with Crippen molar-refractivity contribution in [2.75, 3.05) is 32.8 Å². The second-order valence-electron chi connectivity index (χ2n) is 5.12. The Morgan fingerprint density at radius 2 is 2.12 bits per heavy atom. The van der Waals surface area contributed by atoms with Gasteiger partial charge >= 0.3 is 0 Å². The average molecular weight is 240 g/mol. The fourth-order valence-electron chi connectivity index (χ4n) is 3.02. The lowest BCUT2D eigenvalue weighted by molar-refractivity contribution is -0.193. The molecule has 96 valence electrons. The molecule has 0 aliphatic carbocycles. The van der Waals surface area contributed by atoms with Gasteiger partial charge in [-0.1, -0.05) is 0 Å². The zero-order valence-corrected chi connectivity index (χ0v) is 10.1. The summed E-state index contributed by atoms with van der Waals surface area (Å²) in [5, 5.41) is 3.26. The topological polar surface area (TPSA) is 50.8 Å². The molecule has 0 aromatic rings. The maximum absolute atomic E-state index is 12.3. The molecule has 0 aromatic heterocycles. The Balaban J connectivity index is 1.64. The van der Waals surface area contributed by atoms with E-state index >= 15 is 0 Å². The van der Waals surface area contributed by atoms with E-state index in [9.17, 15) is 4.79 Å². The number of ether oxygens (including phenoxy) is 2. The van der Waals surface area contributed by atoms with Gasteiger partial charge in [0.15, 0.2) is 5.79 Å². The number of rotatable bonds is 1. The Hall–Kier alpha value is -0.650. The van der Waals surface area contributed by atoms with E-state index in [0.717, 1.165) is 38.8 Å². The van der Waals surface area contributed by atoms with Crippen LogP contribution in [0.25, 0.3) is 0 Å². The van der Waals surface area contributed by atoms with Crippen molar-refractivity contribution in [2.24, 2.45) is 0 Å². The predicted molar refractivity (Wildman–Crippen MR) is 61.5 cm³/mol. The van der Waals surface area contributed by atoms with Crippen molar-refractivity contribution in [3.05, 3.63) is 0 Å². The summed E-state index contributed by atoms with van der Waals surface area (Å²) in [4.78, 5) is 14.2. The number of hydrogen-bond donors (Lipinski definition) is 1. The van der Waals surface area contributed by atoms with Crippen LogP contribution in [-0.2, 0) is 14.3 Å². The van der Waals surface area contributed by atoms with Crippen molar-refractivity contribution < 1.29 is 14.3 Å². The summed E-state index contributed by atoms with van der Waals surface area (Å²) in [7, 11) is 0. The molecule has 3 heterocycles. The molecule has 5 heteroatoms. The van der Waals surface area contributed by atoms with Crippen molar-refractivity contribution in [3.63, 3.8) is 0 Å². The highest BCUT2D eigenvalue weighted by Gasteiger charge is 2.43. The number of nitrogens with one attached hydrogen (secondary N) is 1. The highest BCUT2D eigenvalue weighted by molar-refractivity contribution is 5.82. The van der Waals surface area contributed by atoms with Gasteiger partial charge in [0.2, 0.25) is 5.91 Å². The smallest absolute Gasteiger partial charge is 0.239 e. The number of piperidine rings is 1. The molecule has 1 N–H and O–H groups in total. The van der Waals surface area contributed by atoms with Crippen molar-refractivity contribution in [2.45, 2.75) is 37.5 Å². The minimum Gasteiger partial charge on any atom is -0.346 e. The number of nitrogens with zero attached hydrogens (tertiary/aromatic N) is 1. The lowest BCUT2D eigenvalue weighted by atomic mass is 10.0. The normalized spacial score (nSPS) is 32.2. The van der Waals surface area contributed by atoms with Crippen LogP contribution in [0.15, 0.2) is 0 Å². The van der Waals surface area contributed by atoms with Crippen LogP contribution >= 0.6 is 0 Å². The van der Waals surface area contributed by atoms with E-state index in [4.69, 9.17) is 9.47 Å². The van der Waals surface area contributed by atoms with E-state index in [-0.39, 0.29) is 11.9 Å². The molecule has 0 bridgehead atoms. The SMILES string of the molecule is O=C(C1CCCN1)N1CCCC2(C1)OCCO2. The van der Waals surface area contributed by atoms with Gasteiger partial charge in [-0.05, 0) is 25.8 Å². The van der Waals surface area contributed by atoms with Gasteiger partial charge < -0.3 is 19.7 Å². The van der Waals surface area contributed by atoms with Gasteiger partial charge in [-0.15, -0.1) is 0 Å². The molecule has 1 spiro atoms. The van der Waals surface area contributed by atoms with Gasteiger partial charge in [-0.3, -0.25) is 4.79 Å². The molecule has 0 radical (unpaired) electrons.